The zero-order chi connectivity index (χ0) is 14.5. The average Bonchev–Trinajstić information content (AvgIpc) is 3.01. The van der Waals surface area contributed by atoms with E-state index < -0.39 is 0 Å². The highest BCUT2D eigenvalue weighted by Crippen LogP contribution is 2.27. The topological polar surface area (TPSA) is 42.2 Å². The molecule has 1 aliphatic carbocycles. The molecule has 0 bridgehead atoms. The summed E-state index contributed by atoms with van der Waals surface area (Å²) in [6.45, 7) is 0.767. The van der Waals surface area contributed by atoms with Gasteiger partial charge in [0.15, 0.2) is 0 Å². The van der Waals surface area contributed by atoms with E-state index in [-0.39, 0.29) is 5.91 Å². The van der Waals surface area contributed by atoms with E-state index in [1.54, 1.807) is 6.26 Å². The molecule has 1 aliphatic rings. The number of carbonyl (C=O) groups excluding carboxylic acids is 1. The van der Waals surface area contributed by atoms with Gasteiger partial charge in [-0.05, 0) is 37.0 Å². The number of fused-ring (bicyclic) bond motifs is 1. The van der Waals surface area contributed by atoms with E-state index in [4.69, 9.17) is 4.42 Å². The molecular weight excluding hydrogens is 262 g/mol. The first-order valence-corrected chi connectivity index (χ1v) is 8.09. The molecular formula is C18H23NO2. The fourth-order valence-corrected chi connectivity index (χ4v) is 3.36. The number of carbonyl (C=O) groups is 1. The van der Waals surface area contributed by atoms with Gasteiger partial charge in [-0.1, -0.05) is 38.2 Å². The fourth-order valence-electron chi connectivity index (χ4n) is 3.36. The van der Waals surface area contributed by atoms with Crippen molar-refractivity contribution in [3.05, 3.63) is 36.1 Å². The van der Waals surface area contributed by atoms with Gasteiger partial charge in [0, 0.05) is 11.9 Å². The predicted octanol–water partition coefficient (Wildman–Crippen LogP) is 4.52. The molecule has 0 saturated heterocycles. The van der Waals surface area contributed by atoms with Crippen molar-refractivity contribution in [2.24, 2.45) is 5.92 Å². The van der Waals surface area contributed by atoms with Crippen molar-refractivity contribution in [3.63, 3.8) is 0 Å². The van der Waals surface area contributed by atoms with Crippen molar-refractivity contribution in [3.8, 4) is 0 Å². The van der Waals surface area contributed by atoms with E-state index in [1.165, 1.54) is 38.5 Å². The van der Waals surface area contributed by atoms with Gasteiger partial charge < -0.3 is 9.73 Å². The summed E-state index contributed by atoms with van der Waals surface area (Å²) in [6, 6.07) is 7.46. The lowest BCUT2D eigenvalue weighted by molar-refractivity contribution is 0.0953. The molecule has 0 atom stereocenters. The summed E-state index contributed by atoms with van der Waals surface area (Å²) in [5, 5.41) is 3.93. The van der Waals surface area contributed by atoms with Crippen molar-refractivity contribution in [1.82, 2.24) is 5.32 Å². The number of hydrogen-bond donors (Lipinski definition) is 1. The van der Waals surface area contributed by atoms with Crippen molar-refractivity contribution in [1.29, 1.82) is 0 Å². The van der Waals surface area contributed by atoms with Crippen LogP contribution in [0.25, 0.3) is 11.0 Å². The molecule has 1 aromatic carbocycles. The third kappa shape index (κ3) is 3.46. The number of furan rings is 1. The number of hydrogen-bond acceptors (Lipinski definition) is 2. The Morgan fingerprint density at radius 3 is 2.90 bits per heavy atom. The van der Waals surface area contributed by atoms with Gasteiger partial charge in [-0.3, -0.25) is 4.79 Å². The summed E-state index contributed by atoms with van der Waals surface area (Å²) in [5.74, 6) is 0.888. The van der Waals surface area contributed by atoms with Crippen LogP contribution in [0.4, 0.5) is 0 Å². The third-order valence-corrected chi connectivity index (χ3v) is 4.54. The summed E-state index contributed by atoms with van der Waals surface area (Å²) in [6.07, 6.45) is 10.9. The van der Waals surface area contributed by atoms with Gasteiger partial charge in [0.05, 0.1) is 11.8 Å². The molecule has 1 N–H and O–H groups in total. The lowest BCUT2D eigenvalue weighted by Crippen LogP contribution is -2.25. The van der Waals surface area contributed by atoms with Crippen LogP contribution in [0, 0.1) is 5.92 Å². The van der Waals surface area contributed by atoms with Gasteiger partial charge in [-0.25, -0.2) is 0 Å². The summed E-state index contributed by atoms with van der Waals surface area (Å²) >= 11 is 0. The molecule has 0 radical (unpaired) electrons. The van der Waals surface area contributed by atoms with Crippen molar-refractivity contribution in [2.45, 2.75) is 44.9 Å². The quantitative estimate of drug-likeness (QED) is 0.820. The van der Waals surface area contributed by atoms with E-state index in [9.17, 15) is 4.79 Å². The Morgan fingerprint density at radius 2 is 2.05 bits per heavy atom. The molecule has 1 aromatic heterocycles. The van der Waals surface area contributed by atoms with Gasteiger partial charge in [0.2, 0.25) is 0 Å². The highest BCUT2D eigenvalue weighted by Gasteiger charge is 2.14. The Hall–Kier alpha value is -1.77. The number of benzene rings is 1. The second-order valence-corrected chi connectivity index (χ2v) is 6.04. The highest BCUT2D eigenvalue weighted by atomic mass is 16.3. The predicted molar refractivity (Wildman–Crippen MR) is 84.4 cm³/mol. The smallest absolute Gasteiger partial charge is 0.252 e. The van der Waals surface area contributed by atoms with Gasteiger partial charge >= 0.3 is 0 Å². The van der Waals surface area contributed by atoms with Crippen molar-refractivity contribution in [2.75, 3.05) is 6.54 Å². The minimum Gasteiger partial charge on any atom is -0.464 e. The van der Waals surface area contributed by atoms with Crippen LogP contribution in [0.3, 0.4) is 0 Å². The van der Waals surface area contributed by atoms with Gasteiger partial charge in [0.25, 0.3) is 5.91 Å². The number of nitrogens with one attached hydrogen (secondary N) is 1. The minimum absolute atomic E-state index is 0.00523. The molecule has 0 unspecified atom stereocenters. The van der Waals surface area contributed by atoms with E-state index in [2.05, 4.69) is 5.32 Å². The van der Waals surface area contributed by atoms with Gasteiger partial charge in [0.1, 0.15) is 5.58 Å². The zero-order valence-corrected chi connectivity index (χ0v) is 12.4. The van der Waals surface area contributed by atoms with Crippen LogP contribution in [0.1, 0.15) is 55.3 Å². The average molecular weight is 285 g/mol. The monoisotopic (exact) mass is 285 g/mol. The van der Waals surface area contributed by atoms with Crippen LogP contribution < -0.4 is 5.32 Å². The second kappa shape index (κ2) is 6.79. The summed E-state index contributed by atoms with van der Waals surface area (Å²) in [7, 11) is 0. The normalized spacial score (nSPS) is 16.2. The first kappa shape index (κ1) is 14.2. The Kier molecular flexibility index (Phi) is 4.59. The standard InChI is InChI=1S/C18H23NO2/c20-18(16-9-4-10-17-15(16)11-13-21-17)19-12-5-8-14-6-2-1-3-7-14/h4,9-11,13-14H,1-3,5-8,12H2,(H,19,20). The van der Waals surface area contributed by atoms with Gasteiger partial charge in [-0.2, -0.15) is 0 Å². The summed E-state index contributed by atoms with van der Waals surface area (Å²) < 4.78 is 5.33. The summed E-state index contributed by atoms with van der Waals surface area (Å²) in [5.41, 5.74) is 1.48. The van der Waals surface area contributed by atoms with Crippen molar-refractivity contribution < 1.29 is 9.21 Å². The minimum atomic E-state index is 0.00523. The molecule has 1 amide bonds. The second-order valence-electron chi connectivity index (χ2n) is 6.04. The molecule has 1 saturated carbocycles. The molecule has 3 heteroatoms. The molecule has 0 aliphatic heterocycles. The Bertz CT molecular complexity index is 596. The molecule has 21 heavy (non-hydrogen) atoms. The first-order valence-electron chi connectivity index (χ1n) is 8.09. The molecule has 2 aromatic rings. The van der Waals surface area contributed by atoms with Crippen LogP contribution in [-0.2, 0) is 0 Å². The van der Waals surface area contributed by atoms with Crippen LogP contribution in [0.15, 0.2) is 34.9 Å². The van der Waals surface area contributed by atoms with E-state index in [0.29, 0.717) is 5.56 Å². The first-order chi connectivity index (χ1) is 10.3. The Balaban J connectivity index is 1.49. The molecule has 3 nitrogen and oxygen atoms in total. The Morgan fingerprint density at radius 1 is 1.19 bits per heavy atom. The van der Waals surface area contributed by atoms with E-state index in [1.807, 2.05) is 24.3 Å². The largest absolute Gasteiger partial charge is 0.464 e. The Labute approximate surface area is 125 Å². The van der Waals surface area contributed by atoms with Crippen molar-refractivity contribution >= 4 is 16.9 Å². The highest BCUT2D eigenvalue weighted by molar-refractivity contribution is 6.05. The van der Waals surface area contributed by atoms with E-state index in [0.717, 1.165) is 29.9 Å². The van der Waals surface area contributed by atoms with Gasteiger partial charge in [-0.15, -0.1) is 0 Å². The number of rotatable bonds is 5. The van der Waals surface area contributed by atoms with Crippen LogP contribution >= 0.6 is 0 Å². The zero-order valence-electron chi connectivity index (χ0n) is 12.4. The molecule has 112 valence electrons. The molecule has 1 fully saturated rings. The molecule has 0 spiro atoms. The maximum absolute atomic E-state index is 12.3. The maximum atomic E-state index is 12.3. The number of amides is 1. The molecule has 3 rings (SSSR count). The lowest BCUT2D eigenvalue weighted by atomic mass is 9.86. The molecule has 1 heterocycles. The maximum Gasteiger partial charge on any atom is 0.252 e. The van der Waals surface area contributed by atoms with Crippen LogP contribution in [-0.4, -0.2) is 12.5 Å². The SMILES string of the molecule is O=C(NCCCC1CCCCC1)c1cccc2occc12. The lowest BCUT2D eigenvalue weighted by Gasteiger charge is -2.21. The van der Waals surface area contributed by atoms with E-state index >= 15 is 0 Å². The van der Waals surface area contributed by atoms with Crippen LogP contribution in [0.2, 0.25) is 0 Å². The van der Waals surface area contributed by atoms with Crippen LogP contribution in [0.5, 0.6) is 0 Å². The summed E-state index contributed by atoms with van der Waals surface area (Å²) in [4.78, 5) is 12.3. The third-order valence-electron chi connectivity index (χ3n) is 4.54. The fraction of sp³-hybridized carbons (Fsp3) is 0.500.